The zero-order chi connectivity index (χ0) is 12.8. The topological polar surface area (TPSA) is 41.5 Å². The third-order valence-electron chi connectivity index (χ3n) is 3.06. The van der Waals surface area contributed by atoms with Crippen LogP contribution in [0.3, 0.4) is 0 Å². The molecule has 0 aromatic carbocycles. The van der Waals surface area contributed by atoms with Crippen LogP contribution in [-0.2, 0) is 4.74 Å². The SMILES string of the molecule is CCNC(C)(CO)CC(C)OC(C)(C)CC. The molecule has 0 saturated heterocycles. The lowest BCUT2D eigenvalue weighted by Gasteiger charge is -2.35. The molecule has 2 atom stereocenters. The first kappa shape index (κ1) is 15.9. The molecule has 0 fully saturated rings. The van der Waals surface area contributed by atoms with Gasteiger partial charge in [-0.15, -0.1) is 0 Å². The highest BCUT2D eigenvalue weighted by Crippen LogP contribution is 2.21. The van der Waals surface area contributed by atoms with Gasteiger partial charge in [0.25, 0.3) is 0 Å². The van der Waals surface area contributed by atoms with E-state index in [0.29, 0.717) is 0 Å². The van der Waals surface area contributed by atoms with E-state index in [1.54, 1.807) is 0 Å². The van der Waals surface area contributed by atoms with Crippen molar-refractivity contribution in [3.05, 3.63) is 0 Å². The zero-order valence-electron chi connectivity index (χ0n) is 11.8. The molecule has 0 amide bonds. The number of ether oxygens (including phenoxy) is 1. The molecule has 0 spiro atoms. The molecule has 3 nitrogen and oxygen atoms in total. The predicted octanol–water partition coefficient (Wildman–Crippen LogP) is 2.33. The quantitative estimate of drug-likeness (QED) is 0.673. The van der Waals surface area contributed by atoms with Crippen molar-refractivity contribution < 1.29 is 9.84 Å². The van der Waals surface area contributed by atoms with E-state index < -0.39 is 0 Å². The average molecular weight is 231 g/mol. The van der Waals surface area contributed by atoms with Gasteiger partial charge in [0, 0.05) is 5.54 Å². The Labute approximate surface area is 101 Å². The smallest absolute Gasteiger partial charge is 0.0627 e. The molecule has 2 N–H and O–H groups in total. The molecule has 98 valence electrons. The summed E-state index contributed by atoms with van der Waals surface area (Å²) in [5.41, 5.74) is -0.319. The van der Waals surface area contributed by atoms with E-state index in [0.717, 1.165) is 19.4 Å². The standard InChI is InChI=1S/C13H29NO2/c1-7-12(4,5)16-11(3)9-13(6,10-15)14-8-2/h11,14-15H,7-10H2,1-6H3. The highest BCUT2D eigenvalue weighted by molar-refractivity contribution is 4.85. The number of likely N-dealkylation sites (N-methyl/N-ethyl adjacent to an activating group) is 1. The van der Waals surface area contributed by atoms with Crippen molar-refractivity contribution >= 4 is 0 Å². The van der Waals surface area contributed by atoms with Crippen molar-refractivity contribution in [1.29, 1.82) is 0 Å². The summed E-state index contributed by atoms with van der Waals surface area (Å²) in [4.78, 5) is 0. The lowest BCUT2D eigenvalue weighted by atomic mass is 9.95. The van der Waals surface area contributed by atoms with Crippen LogP contribution >= 0.6 is 0 Å². The van der Waals surface area contributed by atoms with Gasteiger partial charge < -0.3 is 15.2 Å². The summed E-state index contributed by atoms with van der Waals surface area (Å²) < 4.78 is 5.98. The van der Waals surface area contributed by atoms with E-state index in [4.69, 9.17) is 4.74 Å². The number of nitrogens with one attached hydrogen (secondary N) is 1. The summed E-state index contributed by atoms with van der Waals surface area (Å²) in [6.45, 7) is 13.5. The van der Waals surface area contributed by atoms with E-state index in [-0.39, 0.29) is 23.9 Å². The molecule has 0 aromatic rings. The lowest BCUT2D eigenvalue weighted by molar-refractivity contribution is -0.0792. The van der Waals surface area contributed by atoms with Gasteiger partial charge in [0.1, 0.15) is 0 Å². The molecule has 0 heterocycles. The van der Waals surface area contributed by atoms with Gasteiger partial charge in [0.05, 0.1) is 18.3 Å². The fourth-order valence-electron chi connectivity index (χ4n) is 1.92. The van der Waals surface area contributed by atoms with E-state index in [1.807, 2.05) is 6.92 Å². The highest BCUT2D eigenvalue weighted by Gasteiger charge is 2.28. The van der Waals surface area contributed by atoms with E-state index in [1.165, 1.54) is 0 Å². The van der Waals surface area contributed by atoms with Crippen molar-refractivity contribution in [1.82, 2.24) is 5.32 Å². The van der Waals surface area contributed by atoms with Crippen LogP contribution in [0.1, 0.15) is 54.4 Å². The van der Waals surface area contributed by atoms with Gasteiger partial charge in [0.2, 0.25) is 0 Å². The summed E-state index contributed by atoms with van der Waals surface area (Å²) >= 11 is 0. The second-order valence-corrected chi connectivity index (χ2v) is 5.49. The predicted molar refractivity (Wildman–Crippen MR) is 68.7 cm³/mol. The Bertz CT molecular complexity index is 194. The third-order valence-corrected chi connectivity index (χ3v) is 3.06. The minimum Gasteiger partial charge on any atom is -0.394 e. The Kier molecular flexibility index (Phi) is 6.53. The molecule has 0 radical (unpaired) electrons. The Morgan fingerprint density at radius 2 is 1.81 bits per heavy atom. The molecular formula is C13H29NO2. The van der Waals surface area contributed by atoms with E-state index in [2.05, 4.69) is 39.9 Å². The summed E-state index contributed by atoms with van der Waals surface area (Å²) in [6, 6.07) is 0. The van der Waals surface area contributed by atoms with E-state index >= 15 is 0 Å². The summed E-state index contributed by atoms with van der Waals surface area (Å²) in [5.74, 6) is 0. The summed E-state index contributed by atoms with van der Waals surface area (Å²) in [5, 5.41) is 12.7. The minimum absolute atomic E-state index is 0.0814. The lowest BCUT2D eigenvalue weighted by Crippen LogP contribution is -2.48. The van der Waals surface area contributed by atoms with Gasteiger partial charge in [-0.3, -0.25) is 0 Å². The van der Waals surface area contributed by atoms with Gasteiger partial charge >= 0.3 is 0 Å². The van der Waals surface area contributed by atoms with Crippen molar-refractivity contribution in [3.8, 4) is 0 Å². The number of hydrogen-bond donors (Lipinski definition) is 2. The molecule has 3 heteroatoms. The third kappa shape index (κ3) is 5.83. The fourth-order valence-corrected chi connectivity index (χ4v) is 1.92. The molecular weight excluding hydrogens is 202 g/mol. The molecule has 0 aliphatic rings. The molecule has 0 aliphatic heterocycles. The number of aliphatic hydroxyl groups is 1. The normalized spacial score (nSPS) is 18.2. The zero-order valence-corrected chi connectivity index (χ0v) is 11.8. The van der Waals surface area contributed by atoms with Crippen molar-refractivity contribution in [2.24, 2.45) is 0 Å². The number of aliphatic hydroxyl groups excluding tert-OH is 1. The Balaban J connectivity index is 4.25. The molecule has 16 heavy (non-hydrogen) atoms. The maximum absolute atomic E-state index is 9.40. The van der Waals surface area contributed by atoms with Gasteiger partial charge in [-0.2, -0.15) is 0 Å². The minimum atomic E-state index is -0.238. The van der Waals surface area contributed by atoms with Crippen LogP contribution < -0.4 is 5.32 Å². The summed E-state index contributed by atoms with van der Waals surface area (Å²) in [7, 11) is 0. The van der Waals surface area contributed by atoms with Gasteiger partial charge in [0.15, 0.2) is 0 Å². The van der Waals surface area contributed by atoms with Crippen LogP contribution in [0.15, 0.2) is 0 Å². The fraction of sp³-hybridized carbons (Fsp3) is 1.00. The van der Waals surface area contributed by atoms with Crippen LogP contribution in [0.2, 0.25) is 0 Å². The first-order valence-electron chi connectivity index (χ1n) is 6.32. The van der Waals surface area contributed by atoms with Crippen molar-refractivity contribution in [3.63, 3.8) is 0 Å². The molecule has 0 saturated carbocycles. The first-order chi connectivity index (χ1) is 7.28. The highest BCUT2D eigenvalue weighted by atomic mass is 16.5. The van der Waals surface area contributed by atoms with Gasteiger partial charge in [-0.25, -0.2) is 0 Å². The van der Waals surface area contributed by atoms with Crippen LogP contribution in [0.4, 0.5) is 0 Å². The molecule has 0 bridgehead atoms. The van der Waals surface area contributed by atoms with Gasteiger partial charge in [-0.05, 0) is 47.1 Å². The van der Waals surface area contributed by atoms with Crippen LogP contribution in [-0.4, -0.2) is 35.5 Å². The molecule has 0 aromatic heterocycles. The second kappa shape index (κ2) is 6.58. The van der Waals surface area contributed by atoms with Gasteiger partial charge in [-0.1, -0.05) is 13.8 Å². The Hall–Kier alpha value is -0.120. The van der Waals surface area contributed by atoms with E-state index in [9.17, 15) is 5.11 Å². The first-order valence-corrected chi connectivity index (χ1v) is 6.32. The Morgan fingerprint density at radius 3 is 2.19 bits per heavy atom. The van der Waals surface area contributed by atoms with Crippen LogP contribution in [0.5, 0.6) is 0 Å². The second-order valence-electron chi connectivity index (χ2n) is 5.49. The molecule has 2 unspecified atom stereocenters. The maximum atomic E-state index is 9.40. The Morgan fingerprint density at radius 1 is 1.25 bits per heavy atom. The molecule has 0 aliphatic carbocycles. The average Bonchev–Trinajstić information content (AvgIpc) is 2.17. The van der Waals surface area contributed by atoms with Crippen LogP contribution in [0, 0.1) is 0 Å². The van der Waals surface area contributed by atoms with Crippen molar-refractivity contribution in [2.75, 3.05) is 13.2 Å². The number of rotatable bonds is 8. The van der Waals surface area contributed by atoms with Crippen LogP contribution in [0.25, 0.3) is 0 Å². The monoisotopic (exact) mass is 231 g/mol. The number of hydrogen-bond acceptors (Lipinski definition) is 3. The molecule has 0 rings (SSSR count). The summed E-state index contributed by atoms with van der Waals surface area (Å²) in [6.07, 6.45) is 1.96. The maximum Gasteiger partial charge on any atom is 0.0627 e. The van der Waals surface area contributed by atoms with Crippen molar-refractivity contribution in [2.45, 2.75) is 71.6 Å². The largest absolute Gasteiger partial charge is 0.394 e.